The summed E-state index contributed by atoms with van der Waals surface area (Å²) in [5.41, 5.74) is 1.88. The van der Waals surface area contributed by atoms with Crippen LogP contribution < -0.4 is 24.3 Å². The zero-order chi connectivity index (χ0) is 24.3. The lowest BCUT2D eigenvalue weighted by atomic mass is 10.1. The third kappa shape index (κ3) is 6.62. The van der Waals surface area contributed by atoms with E-state index in [0.29, 0.717) is 40.9 Å². The van der Waals surface area contributed by atoms with Crippen LogP contribution >= 0.6 is 0 Å². The maximum absolute atomic E-state index is 12.4. The molecule has 0 spiro atoms. The van der Waals surface area contributed by atoms with Gasteiger partial charge in [0.15, 0.2) is 23.9 Å². The van der Waals surface area contributed by atoms with Crippen LogP contribution in [0.5, 0.6) is 23.0 Å². The number of nitrogens with one attached hydrogen (secondary N) is 1. The van der Waals surface area contributed by atoms with E-state index in [2.05, 4.69) is 5.32 Å². The molecule has 0 atom stereocenters. The Morgan fingerprint density at radius 1 is 0.853 bits per heavy atom. The average Bonchev–Trinajstić information content (AvgIpc) is 2.87. The standard InChI is InChI=1S/C27H27NO6/c1-4-33-26-17-19(9-15-23(29)20-11-13-21(31-2)14-12-20)10-16-25(26)34-18-27(30)28-22-7-5-6-8-24(22)32-3/h5-17H,4,18H2,1-3H3,(H,28,30)/b15-9+. The van der Waals surface area contributed by atoms with Crippen molar-refractivity contribution in [1.82, 2.24) is 0 Å². The molecule has 0 bridgehead atoms. The lowest BCUT2D eigenvalue weighted by molar-refractivity contribution is -0.118. The number of ketones is 1. The molecule has 0 fully saturated rings. The topological polar surface area (TPSA) is 83.1 Å². The minimum Gasteiger partial charge on any atom is -0.497 e. The van der Waals surface area contributed by atoms with Crippen molar-refractivity contribution in [3.05, 3.63) is 83.9 Å². The summed E-state index contributed by atoms with van der Waals surface area (Å²) in [6.07, 6.45) is 3.20. The van der Waals surface area contributed by atoms with Crippen LogP contribution in [0.4, 0.5) is 5.69 Å². The minimum absolute atomic E-state index is 0.131. The molecule has 0 aliphatic carbocycles. The number of anilines is 1. The second-order valence-electron chi connectivity index (χ2n) is 7.10. The fraction of sp³-hybridized carbons (Fsp3) is 0.185. The molecule has 0 aliphatic rings. The molecule has 0 saturated carbocycles. The van der Waals surface area contributed by atoms with Crippen LogP contribution in [0.25, 0.3) is 6.08 Å². The van der Waals surface area contributed by atoms with E-state index < -0.39 is 0 Å². The summed E-state index contributed by atoms with van der Waals surface area (Å²) in [6.45, 7) is 2.07. The van der Waals surface area contributed by atoms with Crippen molar-refractivity contribution >= 4 is 23.5 Å². The second kappa shape index (κ2) is 12.1. The zero-order valence-corrected chi connectivity index (χ0v) is 19.4. The van der Waals surface area contributed by atoms with Crippen molar-refractivity contribution < 1.29 is 28.5 Å². The van der Waals surface area contributed by atoms with Crippen LogP contribution in [0.3, 0.4) is 0 Å². The molecule has 176 valence electrons. The maximum atomic E-state index is 12.4. The highest BCUT2D eigenvalue weighted by atomic mass is 16.5. The molecule has 7 heteroatoms. The molecule has 0 saturated heterocycles. The molecule has 3 aromatic carbocycles. The van der Waals surface area contributed by atoms with Gasteiger partial charge in [0.25, 0.3) is 5.91 Å². The number of carbonyl (C=O) groups is 2. The van der Waals surface area contributed by atoms with E-state index in [1.807, 2.05) is 13.0 Å². The van der Waals surface area contributed by atoms with Gasteiger partial charge in [0.2, 0.25) is 0 Å². The number of methoxy groups -OCH3 is 2. The summed E-state index contributed by atoms with van der Waals surface area (Å²) in [4.78, 5) is 24.8. The van der Waals surface area contributed by atoms with Crippen LogP contribution in [0.2, 0.25) is 0 Å². The Labute approximate surface area is 198 Å². The van der Waals surface area contributed by atoms with E-state index in [9.17, 15) is 9.59 Å². The first-order valence-corrected chi connectivity index (χ1v) is 10.7. The molecular formula is C27H27NO6. The molecule has 0 radical (unpaired) electrons. The summed E-state index contributed by atoms with van der Waals surface area (Å²) < 4.78 is 21.7. The predicted octanol–water partition coefficient (Wildman–Crippen LogP) is 5.02. The van der Waals surface area contributed by atoms with Gasteiger partial charge in [-0.2, -0.15) is 0 Å². The summed E-state index contributed by atoms with van der Waals surface area (Å²) >= 11 is 0. The largest absolute Gasteiger partial charge is 0.497 e. The SMILES string of the molecule is CCOc1cc(/C=C/C(=O)c2ccc(OC)cc2)ccc1OCC(=O)Nc1ccccc1OC. The summed E-state index contributed by atoms with van der Waals surface area (Å²) in [5.74, 6) is 1.69. The zero-order valence-electron chi connectivity index (χ0n) is 19.4. The van der Waals surface area contributed by atoms with Gasteiger partial charge in [-0.05, 0) is 67.1 Å². The van der Waals surface area contributed by atoms with E-state index in [1.54, 1.807) is 73.8 Å². The van der Waals surface area contributed by atoms with Crippen LogP contribution in [-0.2, 0) is 4.79 Å². The van der Waals surface area contributed by atoms with E-state index in [1.165, 1.54) is 13.2 Å². The molecule has 1 amide bonds. The second-order valence-corrected chi connectivity index (χ2v) is 7.10. The molecule has 0 heterocycles. The first-order chi connectivity index (χ1) is 16.5. The number of benzene rings is 3. The Bertz CT molecular complexity index is 1150. The van der Waals surface area contributed by atoms with Crippen LogP contribution in [-0.4, -0.2) is 39.1 Å². The molecule has 0 aliphatic heterocycles. The molecule has 3 aromatic rings. The van der Waals surface area contributed by atoms with Gasteiger partial charge in [-0.15, -0.1) is 0 Å². The molecule has 1 N–H and O–H groups in total. The van der Waals surface area contributed by atoms with Gasteiger partial charge in [0.05, 0.1) is 26.5 Å². The summed E-state index contributed by atoms with van der Waals surface area (Å²) in [6, 6.07) is 19.3. The van der Waals surface area contributed by atoms with Crippen LogP contribution in [0, 0.1) is 0 Å². The quantitative estimate of drug-likeness (QED) is 0.319. The fourth-order valence-electron chi connectivity index (χ4n) is 3.12. The monoisotopic (exact) mass is 461 g/mol. The molecule has 7 nitrogen and oxygen atoms in total. The van der Waals surface area contributed by atoms with Crippen molar-refractivity contribution in [3.8, 4) is 23.0 Å². The Hall–Kier alpha value is -4.26. The third-order valence-corrected chi connectivity index (χ3v) is 4.81. The first kappa shape index (κ1) is 24.4. The van der Waals surface area contributed by atoms with Crippen LogP contribution in [0.1, 0.15) is 22.8 Å². The normalized spacial score (nSPS) is 10.6. The molecule has 0 aromatic heterocycles. The number of amides is 1. The highest BCUT2D eigenvalue weighted by Gasteiger charge is 2.11. The van der Waals surface area contributed by atoms with E-state index in [0.717, 1.165) is 5.56 Å². The third-order valence-electron chi connectivity index (χ3n) is 4.81. The maximum Gasteiger partial charge on any atom is 0.262 e. The fourth-order valence-corrected chi connectivity index (χ4v) is 3.12. The Balaban J connectivity index is 1.65. The number of rotatable bonds is 11. The summed E-state index contributed by atoms with van der Waals surface area (Å²) in [7, 11) is 3.11. The lowest BCUT2D eigenvalue weighted by Crippen LogP contribution is -2.20. The molecular weight excluding hydrogens is 434 g/mol. The van der Waals surface area contributed by atoms with E-state index in [4.69, 9.17) is 18.9 Å². The van der Waals surface area contributed by atoms with Crippen LogP contribution in [0.15, 0.2) is 72.8 Å². The number of hydrogen-bond acceptors (Lipinski definition) is 6. The lowest BCUT2D eigenvalue weighted by Gasteiger charge is -2.13. The van der Waals surface area contributed by atoms with Gasteiger partial charge in [0, 0.05) is 5.56 Å². The number of hydrogen-bond donors (Lipinski definition) is 1. The first-order valence-electron chi connectivity index (χ1n) is 10.7. The average molecular weight is 462 g/mol. The molecule has 0 unspecified atom stereocenters. The molecule has 3 rings (SSSR count). The van der Waals surface area contributed by atoms with Crippen molar-refractivity contribution in [2.45, 2.75) is 6.92 Å². The Kier molecular flexibility index (Phi) is 8.68. The van der Waals surface area contributed by atoms with Crippen molar-refractivity contribution in [2.24, 2.45) is 0 Å². The number of allylic oxidation sites excluding steroid dienone is 1. The predicted molar refractivity (Wildman–Crippen MR) is 131 cm³/mol. The van der Waals surface area contributed by atoms with Gasteiger partial charge in [-0.3, -0.25) is 9.59 Å². The van der Waals surface area contributed by atoms with Crippen molar-refractivity contribution in [2.75, 3.05) is 32.8 Å². The summed E-state index contributed by atoms with van der Waals surface area (Å²) in [5, 5.41) is 2.76. The highest BCUT2D eigenvalue weighted by Crippen LogP contribution is 2.29. The van der Waals surface area contributed by atoms with E-state index >= 15 is 0 Å². The number of carbonyl (C=O) groups excluding carboxylic acids is 2. The number of ether oxygens (including phenoxy) is 4. The number of para-hydroxylation sites is 2. The van der Waals surface area contributed by atoms with Crippen molar-refractivity contribution in [1.29, 1.82) is 0 Å². The smallest absolute Gasteiger partial charge is 0.262 e. The van der Waals surface area contributed by atoms with Gasteiger partial charge < -0.3 is 24.3 Å². The van der Waals surface area contributed by atoms with Gasteiger partial charge in [-0.25, -0.2) is 0 Å². The highest BCUT2D eigenvalue weighted by molar-refractivity contribution is 6.06. The minimum atomic E-state index is -0.332. The van der Waals surface area contributed by atoms with E-state index in [-0.39, 0.29) is 18.3 Å². The van der Waals surface area contributed by atoms with Crippen molar-refractivity contribution in [3.63, 3.8) is 0 Å². The van der Waals surface area contributed by atoms with Gasteiger partial charge in [-0.1, -0.05) is 24.3 Å². The van der Waals surface area contributed by atoms with Gasteiger partial charge >= 0.3 is 0 Å². The van der Waals surface area contributed by atoms with Gasteiger partial charge in [0.1, 0.15) is 11.5 Å². The Morgan fingerprint density at radius 3 is 2.32 bits per heavy atom. The Morgan fingerprint density at radius 2 is 1.62 bits per heavy atom. The molecule has 34 heavy (non-hydrogen) atoms.